The molecule has 0 spiro atoms. The average Bonchev–Trinajstić information content (AvgIpc) is 3.13. The van der Waals surface area contributed by atoms with Gasteiger partial charge in [0.25, 0.3) is 0 Å². The standard InChI is InChI=1S/C24H23NOS/c1-17-11-13-22(14-12-17)27(26)25-18(2)23-10-6-9-20-15-21(16-24(20)23)19-7-4-3-5-8-19/h3-14,21H,15-16H2,1-2H3/b25-18+/t21-,27-/m0/s1. The highest BCUT2D eigenvalue weighted by Crippen LogP contribution is 2.36. The Balaban J connectivity index is 1.62. The second kappa shape index (κ2) is 7.61. The Kier molecular flexibility index (Phi) is 5.04. The number of fused-ring (bicyclic) bond motifs is 1. The van der Waals surface area contributed by atoms with Crippen LogP contribution < -0.4 is 0 Å². The number of benzene rings is 3. The third-order valence-electron chi connectivity index (χ3n) is 5.29. The summed E-state index contributed by atoms with van der Waals surface area (Å²) in [5, 5.41) is 0. The molecule has 3 aromatic carbocycles. The number of hydrogen-bond acceptors (Lipinski definition) is 1. The van der Waals surface area contributed by atoms with Gasteiger partial charge in [0.1, 0.15) is 0 Å². The minimum absolute atomic E-state index is 0.512. The quantitative estimate of drug-likeness (QED) is 0.562. The van der Waals surface area contributed by atoms with E-state index in [1.54, 1.807) is 0 Å². The zero-order chi connectivity index (χ0) is 18.8. The molecule has 2 atom stereocenters. The van der Waals surface area contributed by atoms with Gasteiger partial charge in [-0.1, -0.05) is 66.2 Å². The van der Waals surface area contributed by atoms with Crippen LogP contribution in [0.4, 0.5) is 0 Å². The lowest BCUT2D eigenvalue weighted by Gasteiger charge is -2.10. The van der Waals surface area contributed by atoms with Gasteiger partial charge in [0.15, 0.2) is 11.0 Å². The van der Waals surface area contributed by atoms with Crippen molar-refractivity contribution in [2.45, 2.75) is 37.5 Å². The van der Waals surface area contributed by atoms with Gasteiger partial charge in [-0.3, -0.25) is 0 Å². The van der Waals surface area contributed by atoms with Gasteiger partial charge < -0.3 is 0 Å². The third kappa shape index (κ3) is 3.79. The number of nitrogens with zero attached hydrogens (tertiary/aromatic N) is 1. The first-order valence-electron chi connectivity index (χ1n) is 9.32. The average molecular weight is 374 g/mol. The maximum Gasteiger partial charge on any atom is 0.172 e. The van der Waals surface area contributed by atoms with Crippen LogP contribution in [0.3, 0.4) is 0 Å². The van der Waals surface area contributed by atoms with Gasteiger partial charge in [0.05, 0.1) is 10.6 Å². The van der Waals surface area contributed by atoms with Crippen molar-refractivity contribution < 1.29 is 4.21 Å². The zero-order valence-electron chi connectivity index (χ0n) is 15.7. The first-order chi connectivity index (χ1) is 13.1. The maximum atomic E-state index is 12.6. The molecule has 0 amide bonds. The minimum Gasteiger partial charge on any atom is -0.229 e. The molecule has 0 aromatic heterocycles. The molecule has 4 rings (SSSR count). The van der Waals surface area contributed by atoms with E-state index in [0.717, 1.165) is 34.6 Å². The van der Waals surface area contributed by atoms with Crippen LogP contribution in [0, 0.1) is 6.92 Å². The normalized spacial score (nSPS) is 17.6. The molecule has 0 unspecified atom stereocenters. The van der Waals surface area contributed by atoms with Gasteiger partial charge in [0.2, 0.25) is 0 Å². The molecule has 27 heavy (non-hydrogen) atoms. The fraction of sp³-hybridized carbons (Fsp3) is 0.208. The Labute approximate surface area is 163 Å². The van der Waals surface area contributed by atoms with Gasteiger partial charge in [-0.2, -0.15) is 4.40 Å². The molecule has 3 heteroatoms. The van der Waals surface area contributed by atoms with Crippen LogP contribution in [0.15, 0.2) is 82.1 Å². The molecule has 0 saturated heterocycles. The molecular weight excluding hydrogens is 350 g/mol. The summed E-state index contributed by atoms with van der Waals surface area (Å²) in [4.78, 5) is 0.745. The number of hydrogen-bond donors (Lipinski definition) is 0. The largest absolute Gasteiger partial charge is 0.229 e. The SMILES string of the molecule is C/C(=N\[S@@](=O)c1ccc(C)cc1)c1cccc2c1C[C@@H](c1ccccc1)C2. The third-order valence-corrected chi connectivity index (χ3v) is 6.41. The molecule has 0 bridgehead atoms. The molecule has 136 valence electrons. The number of aryl methyl sites for hydroxylation is 1. The van der Waals surface area contributed by atoms with Crippen LogP contribution in [0.1, 0.15) is 40.7 Å². The summed E-state index contributed by atoms with van der Waals surface area (Å²) in [6.07, 6.45) is 2.07. The smallest absolute Gasteiger partial charge is 0.172 e. The molecular formula is C24H23NOS. The highest BCUT2D eigenvalue weighted by Gasteiger charge is 2.25. The van der Waals surface area contributed by atoms with E-state index in [1.165, 1.54) is 16.7 Å². The van der Waals surface area contributed by atoms with Crippen LogP contribution in [-0.2, 0) is 23.8 Å². The molecule has 1 aliphatic rings. The van der Waals surface area contributed by atoms with Crippen LogP contribution in [0.2, 0.25) is 0 Å². The Hall–Kier alpha value is -2.52. The molecule has 2 nitrogen and oxygen atoms in total. The van der Waals surface area contributed by atoms with E-state index in [-0.39, 0.29) is 0 Å². The first kappa shape index (κ1) is 17.9. The van der Waals surface area contributed by atoms with E-state index in [9.17, 15) is 4.21 Å². The zero-order valence-corrected chi connectivity index (χ0v) is 16.5. The summed E-state index contributed by atoms with van der Waals surface area (Å²) in [6, 6.07) is 24.9. The van der Waals surface area contributed by atoms with Gasteiger partial charge >= 0.3 is 0 Å². The van der Waals surface area contributed by atoms with Crippen LogP contribution in [0.5, 0.6) is 0 Å². The van der Waals surface area contributed by atoms with Crippen molar-refractivity contribution in [3.05, 3.63) is 101 Å². The highest BCUT2D eigenvalue weighted by atomic mass is 32.2. The molecule has 0 radical (unpaired) electrons. The number of rotatable bonds is 4. The molecule has 0 aliphatic heterocycles. The summed E-state index contributed by atoms with van der Waals surface area (Å²) < 4.78 is 17.2. The lowest BCUT2D eigenvalue weighted by atomic mass is 9.95. The molecule has 0 N–H and O–H groups in total. The van der Waals surface area contributed by atoms with Crippen molar-refractivity contribution >= 4 is 16.7 Å². The molecule has 3 aromatic rings. The predicted octanol–water partition coefficient (Wildman–Crippen LogP) is 5.41. The van der Waals surface area contributed by atoms with E-state index >= 15 is 0 Å². The minimum atomic E-state index is -1.38. The van der Waals surface area contributed by atoms with Crippen molar-refractivity contribution in [2.24, 2.45) is 4.40 Å². The maximum absolute atomic E-state index is 12.6. The molecule has 0 saturated carbocycles. The predicted molar refractivity (Wildman–Crippen MR) is 113 cm³/mol. The molecule has 0 fully saturated rings. The Morgan fingerprint density at radius 2 is 1.67 bits per heavy atom. The monoisotopic (exact) mass is 373 g/mol. The van der Waals surface area contributed by atoms with E-state index in [2.05, 4.69) is 52.9 Å². The Morgan fingerprint density at radius 1 is 0.926 bits per heavy atom. The highest BCUT2D eigenvalue weighted by molar-refractivity contribution is 7.83. The second-order valence-electron chi connectivity index (χ2n) is 7.20. The summed E-state index contributed by atoms with van der Waals surface area (Å²) in [6.45, 7) is 4.00. The van der Waals surface area contributed by atoms with Crippen LogP contribution in [-0.4, -0.2) is 9.92 Å². The second-order valence-corrected chi connectivity index (χ2v) is 8.35. The van der Waals surface area contributed by atoms with E-state index < -0.39 is 11.0 Å². The van der Waals surface area contributed by atoms with Crippen LogP contribution in [0.25, 0.3) is 0 Å². The van der Waals surface area contributed by atoms with Crippen molar-refractivity contribution in [3.63, 3.8) is 0 Å². The van der Waals surface area contributed by atoms with Crippen molar-refractivity contribution in [3.8, 4) is 0 Å². The summed E-state index contributed by atoms with van der Waals surface area (Å²) in [5.74, 6) is 0.512. The summed E-state index contributed by atoms with van der Waals surface area (Å²) in [5.41, 5.74) is 7.26. The van der Waals surface area contributed by atoms with Gasteiger partial charge in [-0.05, 0) is 67.0 Å². The fourth-order valence-electron chi connectivity index (χ4n) is 3.83. The van der Waals surface area contributed by atoms with Crippen molar-refractivity contribution in [1.29, 1.82) is 0 Å². The Morgan fingerprint density at radius 3 is 2.41 bits per heavy atom. The van der Waals surface area contributed by atoms with Gasteiger partial charge in [-0.25, -0.2) is 4.21 Å². The lowest BCUT2D eigenvalue weighted by molar-refractivity contribution is 0.684. The van der Waals surface area contributed by atoms with Crippen LogP contribution >= 0.6 is 0 Å². The topological polar surface area (TPSA) is 29.4 Å². The first-order valence-corrected chi connectivity index (χ1v) is 10.4. The fourth-order valence-corrected chi connectivity index (χ4v) is 4.65. The van der Waals surface area contributed by atoms with Crippen molar-refractivity contribution in [1.82, 2.24) is 0 Å². The summed E-state index contributed by atoms with van der Waals surface area (Å²) in [7, 11) is -1.38. The summed E-state index contributed by atoms with van der Waals surface area (Å²) >= 11 is 0. The lowest BCUT2D eigenvalue weighted by Crippen LogP contribution is -2.03. The molecule has 0 heterocycles. The van der Waals surface area contributed by atoms with Gasteiger partial charge in [-0.15, -0.1) is 0 Å². The van der Waals surface area contributed by atoms with E-state index in [4.69, 9.17) is 0 Å². The van der Waals surface area contributed by atoms with E-state index in [1.807, 2.05) is 38.1 Å². The van der Waals surface area contributed by atoms with Crippen molar-refractivity contribution in [2.75, 3.05) is 0 Å². The van der Waals surface area contributed by atoms with Gasteiger partial charge in [0, 0.05) is 0 Å². The Bertz CT molecular complexity index is 1010. The van der Waals surface area contributed by atoms with E-state index in [0.29, 0.717) is 5.92 Å². The molecule has 1 aliphatic carbocycles.